The normalized spacial score (nSPS) is 27.8. The molecule has 0 aromatic carbocycles. The van der Waals surface area contributed by atoms with E-state index in [2.05, 4.69) is 17.6 Å². The minimum atomic E-state index is 0. The summed E-state index contributed by atoms with van der Waals surface area (Å²) in [6.07, 6.45) is 0. The topological polar surface area (TPSA) is 44.4 Å². The second-order valence-corrected chi connectivity index (χ2v) is 3.99. The minimum absolute atomic E-state index is 0. The first kappa shape index (κ1) is 11.8. The zero-order valence-electron chi connectivity index (χ0n) is 8.45. The van der Waals surface area contributed by atoms with Crippen LogP contribution in [0.3, 0.4) is 0 Å². The fourth-order valence-electron chi connectivity index (χ4n) is 1.85. The lowest BCUT2D eigenvalue weighted by Crippen LogP contribution is -2.57. The van der Waals surface area contributed by atoms with Gasteiger partial charge in [0.1, 0.15) is 0 Å². The molecular formula is C9H18ClN3O. The number of carbonyl (C=O) groups is 1. The van der Waals surface area contributed by atoms with Crippen molar-refractivity contribution < 1.29 is 4.79 Å². The fraction of sp³-hybridized carbons (Fsp3) is 0.889. The van der Waals surface area contributed by atoms with Gasteiger partial charge in [0, 0.05) is 38.8 Å². The van der Waals surface area contributed by atoms with Crippen LogP contribution < -0.4 is 10.6 Å². The molecule has 0 aromatic rings. The first-order valence-electron chi connectivity index (χ1n) is 5.00. The number of nitrogens with zero attached hydrogens (tertiary/aromatic N) is 1. The number of rotatable bonds is 1. The molecule has 1 atom stereocenters. The molecular weight excluding hydrogens is 202 g/mol. The Kier molecular flexibility index (Phi) is 4.16. The molecule has 2 saturated heterocycles. The highest BCUT2D eigenvalue weighted by molar-refractivity contribution is 5.85. The van der Waals surface area contributed by atoms with E-state index in [-0.39, 0.29) is 18.3 Å². The predicted octanol–water partition coefficient (Wildman–Crippen LogP) is -0.552. The maximum absolute atomic E-state index is 11.8. The number of hydrogen-bond acceptors (Lipinski definition) is 3. The van der Waals surface area contributed by atoms with Crippen molar-refractivity contribution in [2.24, 2.45) is 5.92 Å². The van der Waals surface area contributed by atoms with Gasteiger partial charge >= 0.3 is 0 Å². The Balaban J connectivity index is 0.000000980. The number of amides is 1. The quantitative estimate of drug-likeness (QED) is 0.622. The highest BCUT2D eigenvalue weighted by Crippen LogP contribution is 2.10. The Morgan fingerprint density at radius 3 is 2.64 bits per heavy atom. The van der Waals surface area contributed by atoms with Crippen molar-refractivity contribution >= 4 is 18.3 Å². The van der Waals surface area contributed by atoms with Crippen molar-refractivity contribution in [3.63, 3.8) is 0 Å². The summed E-state index contributed by atoms with van der Waals surface area (Å²) >= 11 is 0. The summed E-state index contributed by atoms with van der Waals surface area (Å²) in [5.74, 6) is 0.595. The number of carbonyl (C=O) groups excluding carboxylic acids is 1. The van der Waals surface area contributed by atoms with E-state index in [0.717, 1.165) is 32.7 Å². The molecule has 0 radical (unpaired) electrons. The summed E-state index contributed by atoms with van der Waals surface area (Å²) < 4.78 is 0. The number of piperazine rings is 1. The molecule has 0 saturated carbocycles. The highest BCUT2D eigenvalue weighted by Gasteiger charge is 2.30. The molecule has 4 nitrogen and oxygen atoms in total. The van der Waals surface area contributed by atoms with E-state index in [1.807, 2.05) is 4.90 Å². The summed E-state index contributed by atoms with van der Waals surface area (Å²) in [4.78, 5) is 13.8. The van der Waals surface area contributed by atoms with Gasteiger partial charge in [0.15, 0.2) is 0 Å². The average Bonchev–Trinajstić information content (AvgIpc) is 2.01. The Hall–Kier alpha value is -0.320. The van der Waals surface area contributed by atoms with Gasteiger partial charge in [-0.25, -0.2) is 0 Å². The molecule has 2 aliphatic rings. The molecule has 1 amide bonds. The number of hydrogen-bond donors (Lipinski definition) is 2. The maximum Gasteiger partial charge on any atom is 0.228 e. The molecule has 1 unspecified atom stereocenters. The van der Waals surface area contributed by atoms with Gasteiger partial charge in [0.25, 0.3) is 0 Å². The number of halogens is 1. The molecule has 0 aromatic heterocycles. The van der Waals surface area contributed by atoms with E-state index < -0.39 is 0 Å². The average molecular weight is 220 g/mol. The second kappa shape index (κ2) is 4.96. The van der Waals surface area contributed by atoms with E-state index in [4.69, 9.17) is 0 Å². The molecule has 2 heterocycles. The molecule has 0 bridgehead atoms. The molecule has 0 aliphatic carbocycles. The lowest BCUT2D eigenvalue weighted by molar-refractivity contribution is -0.138. The molecule has 14 heavy (non-hydrogen) atoms. The van der Waals surface area contributed by atoms with Gasteiger partial charge in [-0.1, -0.05) is 0 Å². The van der Waals surface area contributed by atoms with Crippen LogP contribution in [-0.4, -0.2) is 49.6 Å². The summed E-state index contributed by atoms with van der Waals surface area (Å²) in [6, 6.07) is 0.450. The second-order valence-electron chi connectivity index (χ2n) is 3.99. The molecule has 5 heteroatoms. The fourth-order valence-corrected chi connectivity index (χ4v) is 1.85. The summed E-state index contributed by atoms with van der Waals surface area (Å²) in [5.41, 5.74) is 0. The molecule has 2 N–H and O–H groups in total. The smallest absolute Gasteiger partial charge is 0.228 e. The van der Waals surface area contributed by atoms with Crippen LogP contribution >= 0.6 is 12.4 Å². The van der Waals surface area contributed by atoms with Gasteiger partial charge in [-0.2, -0.15) is 0 Å². The van der Waals surface area contributed by atoms with Gasteiger partial charge in [-0.15, -0.1) is 12.4 Å². The summed E-state index contributed by atoms with van der Waals surface area (Å²) in [6.45, 7) is 6.55. The third kappa shape index (κ3) is 2.38. The van der Waals surface area contributed by atoms with Gasteiger partial charge in [-0.3, -0.25) is 4.79 Å². The van der Waals surface area contributed by atoms with Crippen LogP contribution in [0.4, 0.5) is 0 Å². The monoisotopic (exact) mass is 219 g/mol. The van der Waals surface area contributed by atoms with E-state index in [1.54, 1.807) is 0 Å². The summed E-state index contributed by atoms with van der Waals surface area (Å²) in [5, 5.41) is 6.46. The van der Waals surface area contributed by atoms with Crippen LogP contribution in [-0.2, 0) is 4.79 Å². The van der Waals surface area contributed by atoms with Gasteiger partial charge in [0.2, 0.25) is 5.91 Å². The van der Waals surface area contributed by atoms with Gasteiger partial charge in [0.05, 0.1) is 5.92 Å². The highest BCUT2D eigenvalue weighted by atomic mass is 35.5. The van der Waals surface area contributed by atoms with Crippen LogP contribution in [0, 0.1) is 5.92 Å². The zero-order chi connectivity index (χ0) is 9.26. The van der Waals surface area contributed by atoms with Gasteiger partial charge < -0.3 is 15.5 Å². The minimum Gasteiger partial charge on any atom is -0.340 e. The standard InChI is InChI=1S/C9H17N3O.ClH/c1-7-6-12(3-2-11-7)9(13)8-4-10-5-8;/h7-8,10-11H,2-6H2,1H3;1H. The van der Waals surface area contributed by atoms with Crippen molar-refractivity contribution in [1.29, 1.82) is 0 Å². The van der Waals surface area contributed by atoms with E-state index in [9.17, 15) is 4.79 Å². The molecule has 2 fully saturated rings. The first-order valence-corrected chi connectivity index (χ1v) is 5.00. The third-order valence-electron chi connectivity index (χ3n) is 2.81. The van der Waals surface area contributed by atoms with Crippen LogP contribution in [0.5, 0.6) is 0 Å². The summed E-state index contributed by atoms with van der Waals surface area (Å²) in [7, 11) is 0. The van der Waals surface area contributed by atoms with E-state index >= 15 is 0 Å². The first-order chi connectivity index (χ1) is 6.27. The Bertz CT molecular complexity index is 208. The SMILES string of the molecule is CC1CN(C(=O)C2CNC2)CCN1.Cl. The largest absolute Gasteiger partial charge is 0.340 e. The van der Waals surface area contributed by atoms with Crippen molar-refractivity contribution in [2.45, 2.75) is 13.0 Å². The molecule has 0 spiro atoms. The van der Waals surface area contributed by atoms with Crippen LogP contribution in [0.25, 0.3) is 0 Å². The Morgan fingerprint density at radius 1 is 1.43 bits per heavy atom. The molecule has 2 rings (SSSR count). The van der Waals surface area contributed by atoms with Crippen molar-refractivity contribution in [3.05, 3.63) is 0 Å². The van der Waals surface area contributed by atoms with Crippen LogP contribution in [0.1, 0.15) is 6.92 Å². The lowest BCUT2D eigenvalue weighted by Gasteiger charge is -2.37. The van der Waals surface area contributed by atoms with Crippen molar-refractivity contribution in [3.8, 4) is 0 Å². The van der Waals surface area contributed by atoms with E-state index in [0.29, 0.717) is 11.9 Å². The Morgan fingerprint density at radius 2 is 2.14 bits per heavy atom. The predicted molar refractivity (Wildman–Crippen MR) is 57.7 cm³/mol. The Labute approximate surface area is 90.8 Å². The van der Waals surface area contributed by atoms with Crippen molar-refractivity contribution in [2.75, 3.05) is 32.7 Å². The van der Waals surface area contributed by atoms with E-state index in [1.165, 1.54) is 0 Å². The van der Waals surface area contributed by atoms with Crippen LogP contribution in [0.15, 0.2) is 0 Å². The maximum atomic E-state index is 11.8. The lowest BCUT2D eigenvalue weighted by atomic mass is 10.0. The van der Waals surface area contributed by atoms with Crippen molar-refractivity contribution in [1.82, 2.24) is 15.5 Å². The van der Waals surface area contributed by atoms with Crippen LogP contribution in [0.2, 0.25) is 0 Å². The molecule has 2 aliphatic heterocycles. The molecule has 82 valence electrons. The van der Waals surface area contributed by atoms with Gasteiger partial charge in [-0.05, 0) is 6.92 Å². The number of nitrogens with one attached hydrogen (secondary N) is 2. The zero-order valence-corrected chi connectivity index (χ0v) is 9.27. The third-order valence-corrected chi connectivity index (χ3v) is 2.81.